The minimum Gasteiger partial charge on any atom is -0.497 e. The first kappa shape index (κ1) is 26.1. The summed E-state index contributed by atoms with van der Waals surface area (Å²) in [5, 5.41) is 8.88. The van der Waals surface area contributed by atoms with E-state index >= 15 is 0 Å². The quantitative estimate of drug-likeness (QED) is 0.183. The normalized spacial score (nSPS) is 10.4. The number of nitrogens with one attached hydrogen (secondary N) is 3. The minimum atomic E-state index is -0.903. The molecule has 0 aliphatic rings. The van der Waals surface area contributed by atoms with E-state index in [1.807, 2.05) is 6.92 Å². The molecule has 0 unspecified atom stereocenters. The maximum absolute atomic E-state index is 12.2. The van der Waals surface area contributed by atoms with Gasteiger partial charge in [0.05, 0.1) is 26.5 Å². The maximum Gasteiger partial charge on any atom is 0.329 e. The highest BCUT2D eigenvalue weighted by molar-refractivity contribution is 6.35. The van der Waals surface area contributed by atoms with Crippen LogP contribution in [-0.2, 0) is 19.1 Å². The minimum absolute atomic E-state index is 0.212. The Balaban J connectivity index is 1.92. The number of nitrogens with zero attached hydrogens (tertiary/aromatic N) is 1. The Morgan fingerprint density at radius 3 is 2.41 bits per heavy atom. The van der Waals surface area contributed by atoms with Crippen LogP contribution in [0.5, 0.6) is 17.2 Å². The van der Waals surface area contributed by atoms with E-state index < -0.39 is 11.8 Å². The number of carbonyl (C=O) groups excluding carboxylic acids is 3. The van der Waals surface area contributed by atoms with Crippen molar-refractivity contribution in [2.45, 2.75) is 6.92 Å². The van der Waals surface area contributed by atoms with Crippen molar-refractivity contribution in [3.05, 3.63) is 48.0 Å². The second-order valence-electron chi connectivity index (χ2n) is 6.65. The highest BCUT2D eigenvalue weighted by atomic mass is 16.5. The lowest BCUT2D eigenvalue weighted by atomic mass is 10.2. The summed E-state index contributed by atoms with van der Waals surface area (Å²) in [5.41, 5.74) is 3.33. The molecule has 0 radical (unpaired) electrons. The van der Waals surface area contributed by atoms with E-state index in [0.29, 0.717) is 41.7 Å². The zero-order chi connectivity index (χ0) is 24.8. The molecule has 0 spiro atoms. The number of anilines is 1. The Kier molecular flexibility index (Phi) is 10.8. The number of rotatable bonds is 12. The molecule has 2 rings (SSSR count). The standard InChI is InChI=1S/C23H28N4O7/c1-4-33-20-13-16(14-25-27-23(30)22(29)24-11-12-31-2)5-10-19(20)34-15-21(28)26-17-6-8-18(32-3)9-7-17/h5-10,13-14H,4,11-12,15H2,1-3H3,(H,24,29)(H,26,28)(H,27,30)/b25-14-. The van der Waals surface area contributed by atoms with Crippen LogP contribution in [0.15, 0.2) is 47.6 Å². The Labute approximate surface area is 197 Å². The molecule has 0 atom stereocenters. The number of carbonyl (C=O) groups is 3. The van der Waals surface area contributed by atoms with Gasteiger partial charge in [-0.05, 0) is 55.0 Å². The third-order valence-electron chi connectivity index (χ3n) is 4.18. The van der Waals surface area contributed by atoms with E-state index in [1.54, 1.807) is 49.6 Å². The predicted molar refractivity (Wildman–Crippen MR) is 125 cm³/mol. The van der Waals surface area contributed by atoms with Gasteiger partial charge < -0.3 is 29.6 Å². The van der Waals surface area contributed by atoms with Gasteiger partial charge in [-0.15, -0.1) is 0 Å². The highest BCUT2D eigenvalue weighted by Gasteiger charge is 2.12. The van der Waals surface area contributed by atoms with E-state index in [1.165, 1.54) is 13.3 Å². The van der Waals surface area contributed by atoms with Crippen LogP contribution >= 0.6 is 0 Å². The number of hydrazone groups is 1. The van der Waals surface area contributed by atoms with Gasteiger partial charge in [0.15, 0.2) is 18.1 Å². The number of amides is 3. The summed E-state index contributed by atoms with van der Waals surface area (Å²) in [6.07, 6.45) is 1.35. The van der Waals surface area contributed by atoms with Crippen LogP contribution in [0.1, 0.15) is 12.5 Å². The van der Waals surface area contributed by atoms with Gasteiger partial charge in [0.2, 0.25) is 0 Å². The van der Waals surface area contributed by atoms with Gasteiger partial charge in [-0.1, -0.05) is 0 Å². The zero-order valence-corrected chi connectivity index (χ0v) is 19.3. The van der Waals surface area contributed by atoms with E-state index in [2.05, 4.69) is 21.2 Å². The van der Waals surface area contributed by atoms with Crippen molar-refractivity contribution in [2.24, 2.45) is 5.10 Å². The molecular formula is C23H28N4O7. The van der Waals surface area contributed by atoms with Crippen molar-refractivity contribution in [3.63, 3.8) is 0 Å². The van der Waals surface area contributed by atoms with E-state index in [0.717, 1.165) is 0 Å². The summed E-state index contributed by atoms with van der Waals surface area (Å²) in [5.74, 6) is -0.618. The van der Waals surface area contributed by atoms with Crippen molar-refractivity contribution in [1.29, 1.82) is 0 Å². The summed E-state index contributed by atoms with van der Waals surface area (Å²) < 4.78 is 21.1. The fraction of sp³-hybridized carbons (Fsp3) is 0.304. The molecule has 0 aliphatic carbocycles. The molecule has 0 saturated heterocycles. The lowest BCUT2D eigenvalue weighted by Gasteiger charge is -2.13. The Morgan fingerprint density at radius 2 is 1.74 bits per heavy atom. The van der Waals surface area contributed by atoms with Crippen molar-refractivity contribution in [3.8, 4) is 17.2 Å². The predicted octanol–water partition coefficient (Wildman–Crippen LogP) is 1.32. The number of hydrogen-bond donors (Lipinski definition) is 3. The fourth-order valence-corrected chi connectivity index (χ4v) is 2.57. The Hall–Kier alpha value is -4.12. The van der Waals surface area contributed by atoms with Crippen molar-refractivity contribution >= 4 is 29.6 Å². The van der Waals surface area contributed by atoms with Gasteiger partial charge in [0, 0.05) is 19.3 Å². The molecule has 3 N–H and O–H groups in total. The van der Waals surface area contributed by atoms with Crippen LogP contribution in [0.25, 0.3) is 0 Å². The highest BCUT2D eigenvalue weighted by Crippen LogP contribution is 2.28. The molecule has 0 saturated carbocycles. The number of ether oxygens (including phenoxy) is 4. The van der Waals surface area contributed by atoms with Crippen LogP contribution in [0.2, 0.25) is 0 Å². The number of benzene rings is 2. The third-order valence-corrected chi connectivity index (χ3v) is 4.18. The molecule has 0 aromatic heterocycles. The average Bonchev–Trinajstić information content (AvgIpc) is 2.84. The average molecular weight is 472 g/mol. The second kappa shape index (κ2) is 14.1. The van der Waals surface area contributed by atoms with Gasteiger partial charge in [0.25, 0.3) is 5.91 Å². The van der Waals surface area contributed by atoms with Gasteiger partial charge in [0.1, 0.15) is 5.75 Å². The first-order chi connectivity index (χ1) is 16.5. The van der Waals surface area contributed by atoms with Crippen molar-refractivity contribution in [2.75, 3.05) is 45.9 Å². The molecule has 0 bridgehead atoms. The van der Waals surface area contributed by atoms with Crippen LogP contribution < -0.4 is 30.3 Å². The molecule has 11 nitrogen and oxygen atoms in total. The van der Waals surface area contributed by atoms with Crippen molar-refractivity contribution < 1.29 is 33.3 Å². The largest absolute Gasteiger partial charge is 0.497 e. The van der Waals surface area contributed by atoms with Gasteiger partial charge in [-0.25, -0.2) is 5.43 Å². The van der Waals surface area contributed by atoms with E-state index in [9.17, 15) is 14.4 Å². The third kappa shape index (κ3) is 8.79. The number of methoxy groups -OCH3 is 2. The smallest absolute Gasteiger partial charge is 0.329 e. The van der Waals surface area contributed by atoms with Crippen LogP contribution in [0.3, 0.4) is 0 Å². The molecule has 34 heavy (non-hydrogen) atoms. The molecule has 0 heterocycles. The molecule has 2 aromatic carbocycles. The molecule has 182 valence electrons. The molecule has 3 amide bonds. The molecule has 0 aliphatic heterocycles. The number of hydrogen-bond acceptors (Lipinski definition) is 8. The topological polar surface area (TPSA) is 137 Å². The Morgan fingerprint density at radius 1 is 0.971 bits per heavy atom. The van der Waals surface area contributed by atoms with Gasteiger partial charge >= 0.3 is 11.8 Å². The molecule has 0 fully saturated rings. The summed E-state index contributed by atoms with van der Waals surface area (Å²) in [6.45, 7) is 2.45. The lowest BCUT2D eigenvalue weighted by Crippen LogP contribution is -2.39. The summed E-state index contributed by atoms with van der Waals surface area (Å²) in [4.78, 5) is 35.5. The van der Waals surface area contributed by atoms with Crippen LogP contribution in [0.4, 0.5) is 5.69 Å². The Bertz CT molecular complexity index is 993. The summed E-state index contributed by atoms with van der Waals surface area (Å²) in [7, 11) is 3.05. The van der Waals surface area contributed by atoms with Gasteiger partial charge in [-0.2, -0.15) is 5.10 Å². The van der Waals surface area contributed by atoms with E-state index in [-0.39, 0.29) is 19.1 Å². The maximum atomic E-state index is 12.2. The monoisotopic (exact) mass is 472 g/mol. The fourth-order valence-electron chi connectivity index (χ4n) is 2.57. The van der Waals surface area contributed by atoms with E-state index in [4.69, 9.17) is 18.9 Å². The molecular weight excluding hydrogens is 444 g/mol. The SMILES string of the molecule is CCOc1cc(/C=N\NC(=O)C(=O)NCCOC)ccc1OCC(=O)Nc1ccc(OC)cc1. The molecule has 11 heteroatoms. The van der Waals surface area contributed by atoms with Gasteiger partial charge in [-0.3, -0.25) is 14.4 Å². The first-order valence-electron chi connectivity index (χ1n) is 10.4. The zero-order valence-electron chi connectivity index (χ0n) is 19.3. The van der Waals surface area contributed by atoms with Crippen LogP contribution in [-0.4, -0.2) is 64.5 Å². The lowest BCUT2D eigenvalue weighted by molar-refractivity contribution is -0.139. The van der Waals surface area contributed by atoms with Crippen LogP contribution in [0, 0.1) is 0 Å². The second-order valence-corrected chi connectivity index (χ2v) is 6.65. The van der Waals surface area contributed by atoms with Crippen molar-refractivity contribution in [1.82, 2.24) is 10.7 Å². The summed E-state index contributed by atoms with van der Waals surface area (Å²) in [6, 6.07) is 11.8. The molecule has 2 aromatic rings. The summed E-state index contributed by atoms with van der Waals surface area (Å²) >= 11 is 0. The first-order valence-corrected chi connectivity index (χ1v) is 10.4.